The van der Waals surface area contributed by atoms with Crippen molar-refractivity contribution in [3.05, 3.63) is 145 Å². The van der Waals surface area contributed by atoms with Gasteiger partial charge in [0.05, 0.1) is 11.1 Å². The molecule has 2 aliphatic rings. The minimum absolute atomic E-state index is 0.0244. The highest BCUT2D eigenvalue weighted by atomic mass is 79.9. The van der Waals surface area contributed by atoms with Crippen molar-refractivity contribution < 1.29 is 28.0 Å². The number of carbonyl (C=O) groups excluding carboxylic acids is 4. The summed E-state index contributed by atoms with van der Waals surface area (Å²) in [5.41, 5.74) is -2.30. The molecule has 2 unspecified atom stereocenters. The number of nitrogens with one attached hydrogen (secondary N) is 2. The lowest BCUT2D eigenvalue weighted by atomic mass is 9.83. The van der Waals surface area contributed by atoms with Crippen LogP contribution in [0.1, 0.15) is 31.8 Å². The van der Waals surface area contributed by atoms with Crippen LogP contribution in [0.25, 0.3) is 22.3 Å². The summed E-state index contributed by atoms with van der Waals surface area (Å²) in [6.07, 6.45) is 2.71. The number of thiophene rings is 2. The Morgan fingerprint density at radius 1 is 0.580 bits per heavy atom. The number of hydrogen-bond acceptors (Lipinski definition) is 7. The molecular weight excluding hydrogens is 812 g/mol. The molecule has 0 saturated carbocycles. The highest BCUT2D eigenvalue weighted by molar-refractivity contribution is 9.10. The van der Waals surface area contributed by atoms with Gasteiger partial charge in [0.15, 0.2) is 0 Å². The van der Waals surface area contributed by atoms with E-state index in [4.69, 9.17) is 0 Å². The van der Waals surface area contributed by atoms with Crippen LogP contribution < -0.4 is 10.6 Å². The molecule has 0 aliphatic carbocycles. The molecule has 7 nitrogen and oxygen atoms in total. The van der Waals surface area contributed by atoms with E-state index in [0.717, 1.165) is 20.1 Å². The summed E-state index contributed by atoms with van der Waals surface area (Å²) < 4.78 is 33.0. The van der Waals surface area contributed by atoms with Crippen molar-refractivity contribution in [2.24, 2.45) is 0 Å². The number of rotatable bonds is 4. The quantitative estimate of drug-likeness (QED) is 0.172. The van der Waals surface area contributed by atoms with E-state index in [9.17, 15) is 19.2 Å². The van der Waals surface area contributed by atoms with E-state index >= 15 is 8.78 Å². The molecule has 6 aromatic rings. The van der Waals surface area contributed by atoms with Gasteiger partial charge in [0, 0.05) is 54.4 Å². The van der Waals surface area contributed by atoms with Crippen molar-refractivity contribution in [3.8, 4) is 22.3 Å². The standard InChI is InChI=1S/C19H11BrFNO2S.C18H10BrFN2O2S/c20-14-9-5-4-8-12(14)13-10-25-17-15(13)16(23)19(21,18(24)22-17)11-6-2-1-3-7-11;19-12-3-1-10(2-4-12)13-9-25-16-14(13)15(23)18(20,17(24)22-16)11-5-7-21-8-6-11/h1-10H,(H,22,24);1-9H,(H,22,24). The van der Waals surface area contributed by atoms with Crippen molar-refractivity contribution in [2.75, 3.05) is 10.6 Å². The van der Waals surface area contributed by atoms with Crippen LogP contribution in [0.15, 0.2) is 123 Å². The molecule has 2 N–H and O–H groups in total. The molecular formula is C37H21Br2F2N3O4S2. The normalized spacial score (nSPS) is 19.4. The third-order valence-electron chi connectivity index (χ3n) is 8.31. The molecule has 2 aliphatic heterocycles. The lowest BCUT2D eigenvalue weighted by Gasteiger charge is -2.28. The summed E-state index contributed by atoms with van der Waals surface area (Å²) in [7, 11) is 0. The van der Waals surface area contributed by atoms with Crippen LogP contribution in [0.3, 0.4) is 0 Å². The molecule has 248 valence electrons. The van der Waals surface area contributed by atoms with E-state index in [1.807, 2.05) is 48.5 Å². The second-order valence-corrected chi connectivity index (χ2v) is 14.7. The van der Waals surface area contributed by atoms with Gasteiger partial charge >= 0.3 is 0 Å². The van der Waals surface area contributed by atoms with Crippen molar-refractivity contribution in [3.63, 3.8) is 0 Å². The van der Waals surface area contributed by atoms with Crippen LogP contribution in [-0.4, -0.2) is 28.4 Å². The minimum atomic E-state index is -2.76. The Balaban J connectivity index is 0.000000157. The van der Waals surface area contributed by atoms with Crippen LogP contribution in [0.2, 0.25) is 0 Å². The number of fused-ring (bicyclic) bond motifs is 2. The number of carbonyl (C=O) groups is 4. The van der Waals surface area contributed by atoms with E-state index in [2.05, 4.69) is 47.5 Å². The fourth-order valence-electron chi connectivity index (χ4n) is 5.77. The Morgan fingerprint density at radius 3 is 1.66 bits per heavy atom. The molecule has 0 fully saturated rings. The van der Waals surface area contributed by atoms with Crippen molar-refractivity contribution in [1.82, 2.24) is 4.98 Å². The molecule has 3 aromatic carbocycles. The number of amides is 2. The third kappa shape index (κ3) is 5.54. The number of alkyl halides is 2. The number of ketones is 2. The summed E-state index contributed by atoms with van der Waals surface area (Å²) in [6, 6.07) is 25.3. The molecule has 50 heavy (non-hydrogen) atoms. The molecule has 0 radical (unpaired) electrons. The lowest BCUT2D eigenvalue weighted by molar-refractivity contribution is -0.126. The van der Waals surface area contributed by atoms with E-state index in [-0.39, 0.29) is 22.3 Å². The van der Waals surface area contributed by atoms with Crippen LogP contribution in [0.5, 0.6) is 0 Å². The van der Waals surface area contributed by atoms with Crippen molar-refractivity contribution >= 4 is 87.9 Å². The molecule has 2 atom stereocenters. The predicted molar refractivity (Wildman–Crippen MR) is 197 cm³/mol. The SMILES string of the molecule is O=C1Nc2scc(-c3ccc(Br)cc3)c2C(=O)C1(F)c1ccncc1.O=C1Nc2scc(-c3ccccc3Br)c2C(=O)C1(F)c1ccccc1. The number of pyridine rings is 1. The number of hydrogen-bond donors (Lipinski definition) is 2. The summed E-state index contributed by atoms with van der Waals surface area (Å²) in [5, 5.41) is 9.36. The van der Waals surface area contributed by atoms with Crippen LogP contribution in [0.4, 0.5) is 18.8 Å². The predicted octanol–water partition coefficient (Wildman–Crippen LogP) is 9.75. The Bertz CT molecular complexity index is 2320. The molecule has 13 heteroatoms. The third-order valence-corrected chi connectivity index (χ3v) is 11.3. The molecule has 8 rings (SSSR count). The molecule has 0 spiro atoms. The van der Waals surface area contributed by atoms with Gasteiger partial charge < -0.3 is 10.6 Å². The second kappa shape index (κ2) is 13.2. The molecule has 2 amide bonds. The fraction of sp³-hybridized carbons (Fsp3) is 0.0541. The average molecular weight is 834 g/mol. The first kappa shape index (κ1) is 33.8. The fourth-order valence-corrected chi connectivity index (χ4v) is 8.45. The maximum absolute atomic E-state index is 15.7. The number of benzene rings is 3. The maximum atomic E-state index is 15.7. The Hall–Kier alpha value is -4.69. The Kier molecular flexibility index (Phi) is 8.93. The number of anilines is 2. The van der Waals surface area contributed by atoms with E-state index in [0.29, 0.717) is 21.1 Å². The summed E-state index contributed by atoms with van der Waals surface area (Å²) in [6.45, 7) is 0. The minimum Gasteiger partial charge on any atom is -0.314 e. The first-order valence-electron chi connectivity index (χ1n) is 14.8. The Morgan fingerprint density at radius 2 is 1.08 bits per heavy atom. The highest BCUT2D eigenvalue weighted by Crippen LogP contribution is 2.47. The average Bonchev–Trinajstić information content (AvgIpc) is 3.75. The smallest absolute Gasteiger partial charge is 0.276 e. The first-order valence-corrected chi connectivity index (χ1v) is 18.2. The van der Waals surface area contributed by atoms with E-state index < -0.39 is 34.7 Å². The van der Waals surface area contributed by atoms with Gasteiger partial charge in [-0.05, 0) is 41.5 Å². The maximum Gasteiger partial charge on any atom is 0.276 e. The number of aromatic nitrogens is 1. The highest BCUT2D eigenvalue weighted by Gasteiger charge is 2.54. The van der Waals surface area contributed by atoms with Gasteiger partial charge in [-0.15, -0.1) is 22.7 Å². The zero-order valence-electron chi connectivity index (χ0n) is 25.4. The first-order chi connectivity index (χ1) is 24.0. The van der Waals surface area contributed by atoms with Gasteiger partial charge in [-0.2, -0.15) is 0 Å². The van der Waals surface area contributed by atoms with Gasteiger partial charge in [-0.3, -0.25) is 24.2 Å². The van der Waals surface area contributed by atoms with E-state index in [1.165, 1.54) is 59.3 Å². The van der Waals surface area contributed by atoms with Crippen LogP contribution in [-0.2, 0) is 20.9 Å². The summed E-state index contributed by atoms with van der Waals surface area (Å²) in [4.78, 5) is 54.6. The molecule has 3 aromatic heterocycles. The summed E-state index contributed by atoms with van der Waals surface area (Å²) >= 11 is 9.26. The van der Waals surface area contributed by atoms with Gasteiger partial charge in [-0.25, -0.2) is 8.78 Å². The second-order valence-electron chi connectivity index (χ2n) is 11.2. The van der Waals surface area contributed by atoms with Gasteiger partial charge in [0.1, 0.15) is 10.0 Å². The van der Waals surface area contributed by atoms with Crippen LogP contribution in [0, 0.1) is 0 Å². The zero-order valence-corrected chi connectivity index (χ0v) is 30.2. The van der Waals surface area contributed by atoms with Gasteiger partial charge in [-0.1, -0.05) is 92.5 Å². The zero-order chi connectivity index (χ0) is 35.2. The van der Waals surface area contributed by atoms with Crippen LogP contribution >= 0.6 is 54.5 Å². The van der Waals surface area contributed by atoms with Crippen molar-refractivity contribution in [2.45, 2.75) is 11.3 Å². The summed E-state index contributed by atoms with van der Waals surface area (Å²) in [5.74, 6) is -3.60. The monoisotopic (exact) mass is 831 g/mol. The topological polar surface area (TPSA) is 105 Å². The van der Waals surface area contributed by atoms with Crippen molar-refractivity contribution in [1.29, 1.82) is 0 Å². The largest absolute Gasteiger partial charge is 0.314 e. The van der Waals surface area contributed by atoms with Gasteiger partial charge in [0.25, 0.3) is 23.2 Å². The molecule has 0 bridgehead atoms. The van der Waals surface area contributed by atoms with E-state index in [1.54, 1.807) is 29.0 Å². The molecule has 0 saturated heterocycles. The number of nitrogens with zero attached hydrogens (tertiary/aromatic N) is 1. The number of halogens is 4. The van der Waals surface area contributed by atoms with Gasteiger partial charge in [0.2, 0.25) is 11.6 Å². The lowest BCUT2D eigenvalue weighted by Crippen LogP contribution is -2.47. The molecule has 5 heterocycles. The Labute approximate surface area is 308 Å². The number of Topliss-reactive ketones (excluding diaryl/α,β-unsaturated/α-hetero) is 2.